The number of fused-ring (bicyclic) bond motifs is 2. The van der Waals surface area contributed by atoms with Crippen molar-refractivity contribution in [2.75, 3.05) is 20.1 Å². The molecular formula is C18H19ClN2. The van der Waals surface area contributed by atoms with Gasteiger partial charge in [0.15, 0.2) is 0 Å². The molecular weight excluding hydrogens is 280 g/mol. The van der Waals surface area contributed by atoms with E-state index in [1.807, 2.05) is 13.1 Å². The molecule has 0 heterocycles. The molecule has 0 radical (unpaired) electrons. The summed E-state index contributed by atoms with van der Waals surface area (Å²) < 4.78 is 0. The maximum Gasteiger partial charge on any atom is 0.0725 e. The Morgan fingerprint density at radius 3 is 2.62 bits per heavy atom. The van der Waals surface area contributed by atoms with Crippen molar-refractivity contribution in [1.29, 1.82) is 0 Å². The van der Waals surface area contributed by atoms with Gasteiger partial charge in [0, 0.05) is 22.7 Å². The van der Waals surface area contributed by atoms with E-state index in [9.17, 15) is 0 Å². The molecule has 2 aromatic carbocycles. The molecule has 2 nitrogen and oxygen atoms in total. The first-order valence-corrected chi connectivity index (χ1v) is 7.73. The van der Waals surface area contributed by atoms with Crippen LogP contribution >= 0.6 is 11.6 Å². The van der Waals surface area contributed by atoms with Crippen molar-refractivity contribution in [2.24, 2.45) is 4.99 Å². The van der Waals surface area contributed by atoms with E-state index in [-0.39, 0.29) is 0 Å². The third kappa shape index (κ3) is 3.02. The number of halogens is 1. The van der Waals surface area contributed by atoms with Gasteiger partial charge in [-0.05, 0) is 43.1 Å². The number of hydrogen-bond acceptors (Lipinski definition) is 2. The van der Waals surface area contributed by atoms with Crippen LogP contribution in [0.25, 0.3) is 0 Å². The maximum atomic E-state index is 6.22. The molecule has 0 amide bonds. The van der Waals surface area contributed by atoms with Crippen molar-refractivity contribution in [3.05, 3.63) is 69.7 Å². The van der Waals surface area contributed by atoms with Gasteiger partial charge in [-0.25, -0.2) is 0 Å². The lowest BCUT2D eigenvalue weighted by molar-refractivity contribution is 0.803. The molecule has 3 rings (SSSR count). The molecule has 0 unspecified atom stereocenters. The number of hydrogen-bond donors (Lipinski definition) is 1. The summed E-state index contributed by atoms with van der Waals surface area (Å²) in [5.41, 5.74) is 6.21. The fourth-order valence-electron chi connectivity index (χ4n) is 2.82. The molecule has 0 bridgehead atoms. The summed E-state index contributed by atoms with van der Waals surface area (Å²) in [5, 5.41) is 3.92. The Bertz CT molecular complexity index is 677. The van der Waals surface area contributed by atoms with Crippen LogP contribution in [0.4, 0.5) is 0 Å². The Balaban J connectivity index is 2.14. The highest BCUT2D eigenvalue weighted by Gasteiger charge is 2.19. The summed E-state index contributed by atoms with van der Waals surface area (Å²) in [5.74, 6) is 0. The lowest BCUT2D eigenvalue weighted by Gasteiger charge is -2.11. The van der Waals surface area contributed by atoms with Crippen LogP contribution in [0.5, 0.6) is 0 Å². The van der Waals surface area contributed by atoms with Gasteiger partial charge in [-0.1, -0.05) is 41.9 Å². The molecule has 0 fully saturated rings. The van der Waals surface area contributed by atoms with Crippen LogP contribution in [0.2, 0.25) is 5.02 Å². The third-order valence-electron chi connectivity index (χ3n) is 3.89. The highest BCUT2D eigenvalue weighted by molar-refractivity contribution is 6.31. The Hall–Kier alpha value is -1.64. The van der Waals surface area contributed by atoms with Gasteiger partial charge in [0.05, 0.1) is 12.3 Å². The summed E-state index contributed by atoms with van der Waals surface area (Å²) >= 11 is 6.22. The van der Waals surface area contributed by atoms with Gasteiger partial charge < -0.3 is 5.32 Å². The van der Waals surface area contributed by atoms with Gasteiger partial charge in [0.1, 0.15) is 0 Å². The summed E-state index contributed by atoms with van der Waals surface area (Å²) in [7, 11) is 1.95. The molecule has 21 heavy (non-hydrogen) atoms. The highest BCUT2D eigenvalue weighted by Crippen LogP contribution is 2.27. The second-order valence-corrected chi connectivity index (χ2v) is 5.73. The monoisotopic (exact) mass is 298 g/mol. The predicted octanol–water partition coefficient (Wildman–Crippen LogP) is 3.50. The van der Waals surface area contributed by atoms with Crippen LogP contribution in [-0.4, -0.2) is 25.8 Å². The van der Waals surface area contributed by atoms with Crippen molar-refractivity contribution < 1.29 is 0 Å². The van der Waals surface area contributed by atoms with Crippen LogP contribution in [0.15, 0.2) is 47.5 Å². The van der Waals surface area contributed by atoms with Gasteiger partial charge in [0.25, 0.3) is 0 Å². The van der Waals surface area contributed by atoms with E-state index < -0.39 is 0 Å². The summed E-state index contributed by atoms with van der Waals surface area (Å²) in [6.07, 6.45) is 2.09. The summed E-state index contributed by atoms with van der Waals surface area (Å²) in [6, 6.07) is 14.7. The zero-order chi connectivity index (χ0) is 14.7. The highest BCUT2D eigenvalue weighted by atomic mass is 35.5. The lowest BCUT2D eigenvalue weighted by atomic mass is 9.98. The number of likely N-dealkylation sites (N-methyl/N-ethyl adjacent to an activating group) is 1. The zero-order valence-electron chi connectivity index (χ0n) is 12.2. The Kier molecular flexibility index (Phi) is 4.37. The first-order valence-electron chi connectivity index (χ1n) is 7.35. The normalized spacial score (nSPS) is 15.4. The average Bonchev–Trinajstić information content (AvgIpc) is 2.65. The molecule has 3 heteroatoms. The molecule has 0 saturated carbocycles. The molecule has 1 aliphatic carbocycles. The van der Waals surface area contributed by atoms with Crippen LogP contribution in [0.3, 0.4) is 0 Å². The summed E-state index contributed by atoms with van der Waals surface area (Å²) in [4.78, 5) is 4.85. The van der Waals surface area contributed by atoms with Crippen molar-refractivity contribution in [1.82, 2.24) is 5.32 Å². The van der Waals surface area contributed by atoms with Gasteiger partial charge in [-0.15, -0.1) is 0 Å². The minimum absolute atomic E-state index is 0.770. The van der Waals surface area contributed by atoms with Gasteiger partial charge in [-0.2, -0.15) is 0 Å². The van der Waals surface area contributed by atoms with Crippen molar-refractivity contribution in [3.63, 3.8) is 0 Å². The van der Waals surface area contributed by atoms with Crippen LogP contribution in [0.1, 0.15) is 22.3 Å². The fraction of sp³-hybridized carbons (Fsp3) is 0.278. The number of nitrogens with one attached hydrogen (secondary N) is 1. The first-order chi connectivity index (χ1) is 10.3. The standard InChI is InChI=1S/C18H19ClN2/c1-20-10-11-21-18-16-5-3-2-4-13(16)6-7-14-8-9-15(19)12-17(14)18/h2-5,8-9,12,20H,6-7,10-11H2,1H3. The molecule has 2 aromatic rings. The van der Waals surface area contributed by atoms with E-state index >= 15 is 0 Å². The van der Waals surface area contributed by atoms with Crippen LogP contribution in [-0.2, 0) is 12.8 Å². The van der Waals surface area contributed by atoms with Gasteiger partial charge in [-0.3, -0.25) is 4.99 Å². The molecule has 1 aliphatic rings. The van der Waals surface area contributed by atoms with E-state index in [2.05, 4.69) is 41.7 Å². The smallest absolute Gasteiger partial charge is 0.0725 e. The Morgan fingerprint density at radius 1 is 1.05 bits per heavy atom. The molecule has 0 atom stereocenters. The third-order valence-corrected chi connectivity index (χ3v) is 4.13. The van der Waals surface area contributed by atoms with E-state index in [0.717, 1.165) is 36.7 Å². The van der Waals surface area contributed by atoms with Gasteiger partial charge >= 0.3 is 0 Å². The SMILES string of the molecule is CNCCN=C1c2ccccc2CCc2ccc(Cl)cc21. The van der Waals surface area contributed by atoms with Crippen LogP contribution < -0.4 is 5.32 Å². The second kappa shape index (κ2) is 6.42. The zero-order valence-corrected chi connectivity index (χ0v) is 13.0. The quantitative estimate of drug-likeness (QED) is 0.862. The van der Waals surface area contributed by atoms with Crippen molar-refractivity contribution in [2.45, 2.75) is 12.8 Å². The Morgan fingerprint density at radius 2 is 1.81 bits per heavy atom. The molecule has 0 aliphatic heterocycles. The summed E-state index contributed by atoms with van der Waals surface area (Å²) in [6.45, 7) is 1.65. The number of aliphatic imine (C=N–C) groups is 1. The number of rotatable bonds is 3. The van der Waals surface area contributed by atoms with E-state index in [4.69, 9.17) is 16.6 Å². The number of aryl methyl sites for hydroxylation is 2. The van der Waals surface area contributed by atoms with E-state index in [1.54, 1.807) is 0 Å². The molecule has 0 aromatic heterocycles. The lowest BCUT2D eigenvalue weighted by Crippen LogP contribution is -2.14. The average molecular weight is 299 g/mol. The van der Waals surface area contributed by atoms with Crippen LogP contribution in [0, 0.1) is 0 Å². The van der Waals surface area contributed by atoms with Crippen molar-refractivity contribution >= 4 is 17.3 Å². The molecule has 0 spiro atoms. The largest absolute Gasteiger partial charge is 0.318 e. The fourth-order valence-corrected chi connectivity index (χ4v) is 2.99. The van der Waals surface area contributed by atoms with Gasteiger partial charge in [0.2, 0.25) is 0 Å². The number of benzene rings is 2. The van der Waals surface area contributed by atoms with E-state index in [1.165, 1.54) is 22.3 Å². The van der Waals surface area contributed by atoms with E-state index in [0.29, 0.717) is 0 Å². The topological polar surface area (TPSA) is 24.4 Å². The molecule has 1 N–H and O–H groups in total. The molecule has 108 valence electrons. The predicted molar refractivity (Wildman–Crippen MR) is 89.7 cm³/mol. The van der Waals surface area contributed by atoms with Crippen molar-refractivity contribution in [3.8, 4) is 0 Å². The minimum Gasteiger partial charge on any atom is -0.318 e. The number of nitrogens with zero attached hydrogens (tertiary/aromatic N) is 1. The minimum atomic E-state index is 0.770. The second-order valence-electron chi connectivity index (χ2n) is 5.29. The first kappa shape index (κ1) is 14.3. The molecule has 0 saturated heterocycles. The maximum absolute atomic E-state index is 6.22. The Labute approximate surface area is 130 Å².